The highest BCUT2D eigenvalue weighted by Crippen LogP contribution is 2.22. The lowest BCUT2D eigenvalue weighted by Gasteiger charge is -1.98. The maximum Gasteiger partial charge on any atom is 0.165 e. The third-order valence-electron chi connectivity index (χ3n) is 3.57. The Morgan fingerprint density at radius 3 is 2.90 bits per heavy atom. The Balaban J connectivity index is 1.82. The number of H-pyrrole nitrogens is 1. The van der Waals surface area contributed by atoms with Gasteiger partial charge in [0.05, 0.1) is 0 Å². The van der Waals surface area contributed by atoms with Gasteiger partial charge in [0.1, 0.15) is 5.82 Å². The van der Waals surface area contributed by atoms with Crippen molar-refractivity contribution in [2.24, 2.45) is 7.05 Å². The van der Waals surface area contributed by atoms with E-state index in [4.69, 9.17) is 0 Å². The van der Waals surface area contributed by atoms with Crippen molar-refractivity contribution >= 4 is 16.7 Å². The molecule has 102 valence electrons. The SMILES string of the molecule is Cc1ncc(CCC(=O)c2cn(C)c3ccccc23)[nH]1. The first-order chi connectivity index (χ1) is 9.65. The number of aryl methyl sites for hydroxylation is 3. The monoisotopic (exact) mass is 267 g/mol. The predicted octanol–water partition coefficient (Wildman–Crippen LogP) is 3.03. The van der Waals surface area contributed by atoms with E-state index in [0.29, 0.717) is 12.8 Å². The molecule has 1 N–H and O–H groups in total. The molecule has 3 rings (SSSR count). The second kappa shape index (κ2) is 4.96. The number of ketones is 1. The Hall–Kier alpha value is -2.36. The number of Topliss-reactive ketones (excluding diaryl/α,β-unsaturated/α-hetero) is 1. The van der Waals surface area contributed by atoms with Gasteiger partial charge in [-0.15, -0.1) is 0 Å². The topological polar surface area (TPSA) is 50.7 Å². The number of carbonyl (C=O) groups is 1. The van der Waals surface area contributed by atoms with Crippen molar-refractivity contribution in [1.82, 2.24) is 14.5 Å². The summed E-state index contributed by atoms with van der Waals surface area (Å²) in [5, 5.41) is 1.03. The summed E-state index contributed by atoms with van der Waals surface area (Å²) in [6.07, 6.45) is 4.91. The zero-order valence-electron chi connectivity index (χ0n) is 11.7. The van der Waals surface area contributed by atoms with Crippen LogP contribution in [0.3, 0.4) is 0 Å². The zero-order valence-corrected chi connectivity index (χ0v) is 11.7. The minimum absolute atomic E-state index is 0.175. The van der Waals surface area contributed by atoms with Gasteiger partial charge >= 0.3 is 0 Å². The molecule has 0 bridgehead atoms. The quantitative estimate of drug-likeness (QED) is 0.739. The number of para-hydroxylation sites is 1. The summed E-state index contributed by atoms with van der Waals surface area (Å²) in [5.74, 6) is 1.06. The Morgan fingerprint density at radius 1 is 1.35 bits per heavy atom. The van der Waals surface area contributed by atoms with E-state index < -0.39 is 0 Å². The van der Waals surface area contributed by atoms with Crippen LogP contribution < -0.4 is 0 Å². The lowest BCUT2D eigenvalue weighted by Crippen LogP contribution is -2.01. The van der Waals surface area contributed by atoms with E-state index in [1.807, 2.05) is 49.0 Å². The van der Waals surface area contributed by atoms with E-state index >= 15 is 0 Å². The third kappa shape index (κ3) is 2.25. The average molecular weight is 267 g/mol. The van der Waals surface area contributed by atoms with Gasteiger partial charge in [-0.25, -0.2) is 4.98 Å². The van der Waals surface area contributed by atoms with Gasteiger partial charge in [-0.05, 0) is 19.4 Å². The summed E-state index contributed by atoms with van der Waals surface area (Å²) >= 11 is 0. The number of aromatic amines is 1. The highest BCUT2D eigenvalue weighted by atomic mass is 16.1. The molecule has 0 unspecified atom stereocenters. The summed E-state index contributed by atoms with van der Waals surface area (Å²) in [4.78, 5) is 19.7. The maximum absolute atomic E-state index is 12.4. The van der Waals surface area contributed by atoms with Crippen molar-refractivity contribution in [3.63, 3.8) is 0 Å². The first kappa shape index (κ1) is 12.7. The van der Waals surface area contributed by atoms with Gasteiger partial charge < -0.3 is 9.55 Å². The molecular weight excluding hydrogens is 250 g/mol. The lowest BCUT2D eigenvalue weighted by atomic mass is 10.0. The van der Waals surface area contributed by atoms with Gasteiger partial charge in [0.25, 0.3) is 0 Å². The van der Waals surface area contributed by atoms with Gasteiger partial charge in [0.15, 0.2) is 5.78 Å². The summed E-state index contributed by atoms with van der Waals surface area (Å²) < 4.78 is 2.00. The molecule has 4 heteroatoms. The Bertz CT molecular complexity index is 767. The average Bonchev–Trinajstić information content (AvgIpc) is 3.01. The number of hydrogen-bond donors (Lipinski definition) is 1. The molecule has 0 aliphatic rings. The van der Waals surface area contributed by atoms with Gasteiger partial charge in [-0.1, -0.05) is 18.2 Å². The fraction of sp³-hybridized carbons (Fsp3) is 0.250. The van der Waals surface area contributed by atoms with Crippen LogP contribution in [0.5, 0.6) is 0 Å². The minimum atomic E-state index is 0.175. The molecule has 4 nitrogen and oxygen atoms in total. The van der Waals surface area contributed by atoms with Crippen LogP contribution in [-0.4, -0.2) is 20.3 Å². The molecule has 0 atom stereocenters. The van der Waals surface area contributed by atoms with Crippen LogP contribution in [0.4, 0.5) is 0 Å². The molecule has 0 amide bonds. The molecule has 2 heterocycles. The van der Waals surface area contributed by atoms with Crippen LogP contribution in [0, 0.1) is 6.92 Å². The van der Waals surface area contributed by atoms with Gasteiger partial charge in [0, 0.05) is 48.0 Å². The van der Waals surface area contributed by atoms with E-state index in [0.717, 1.165) is 28.0 Å². The van der Waals surface area contributed by atoms with Crippen molar-refractivity contribution in [2.45, 2.75) is 19.8 Å². The first-order valence-electron chi connectivity index (χ1n) is 6.73. The molecule has 0 saturated heterocycles. The smallest absolute Gasteiger partial charge is 0.165 e. The lowest BCUT2D eigenvalue weighted by molar-refractivity contribution is 0.0984. The van der Waals surface area contributed by atoms with E-state index in [9.17, 15) is 4.79 Å². The van der Waals surface area contributed by atoms with Crippen LogP contribution in [0.25, 0.3) is 10.9 Å². The van der Waals surface area contributed by atoms with Crippen LogP contribution in [0.1, 0.15) is 28.3 Å². The maximum atomic E-state index is 12.4. The van der Waals surface area contributed by atoms with Gasteiger partial charge in [-0.3, -0.25) is 4.79 Å². The van der Waals surface area contributed by atoms with Crippen molar-refractivity contribution in [3.8, 4) is 0 Å². The number of hydrogen-bond acceptors (Lipinski definition) is 2. The molecule has 2 aromatic heterocycles. The highest BCUT2D eigenvalue weighted by molar-refractivity contribution is 6.08. The standard InChI is InChI=1S/C16H17N3O/c1-11-17-9-12(18-11)7-8-16(20)14-10-19(2)15-6-4-3-5-13(14)15/h3-6,9-10H,7-8H2,1-2H3,(H,17,18). The van der Waals surface area contributed by atoms with Gasteiger partial charge in [0.2, 0.25) is 0 Å². The molecule has 0 aliphatic heterocycles. The number of rotatable bonds is 4. The van der Waals surface area contributed by atoms with E-state index in [1.165, 1.54) is 0 Å². The molecule has 0 aliphatic carbocycles. The molecule has 0 radical (unpaired) electrons. The number of imidazole rings is 1. The third-order valence-corrected chi connectivity index (χ3v) is 3.57. The molecular formula is C16H17N3O. The number of fused-ring (bicyclic) bond motifs is 1. The molecule has 1 aromatic carbocycles. The number of nitrogens with one attached hydrogen (secondary N) is 1. The number of benzene rings is 1. The highest BCUT2D eigenvalue weighted by Gasteiger charge is 2.13. The van der Waals surface area contributed by atoms with Crippen LogP contribution in [0.2, 0.25) is 0 Å². The molecule has 0 spiro atoms. The van der Waals surface area contributed by atoms with E-state index in [1.54, 1.807) is 6.20 Å². The van der Waals surface area contributed by atoms with E-state index in [-0.39, 0.29) is 5.78 Å². The first-order valence-corrected chi connectivity index (χ1v) is 6.73. The predicted molar refractivity (Wildman–Crippen MR) is 78.9 cm³/mol. The summed E-state index contributed by atoms with van der Waals surface area (Å²) in [6, 6.07) is 7.99. The molecule has 0 saturated carbocycles. The van der Waals surface area contributed by atoms with Gasteiger partial charge in [-0.2, -0.15) is 0 Å². The molecule has 0 fully saturated rings. The number of nitrogens with zero attached hydrogens (tertiary/aromatic N) is 2. The fourth-order valence-electron chi connectivity index (χ4n) is 2.55. The van der Waals surface area contributed by atoms with Crippen LogP contribution in [-0.2, 0) is 13.5 Å². The summed E-state index contributed by atoms with van der Waals surface area (Å²) in [5.41, 5.74) is 2.91. The fourth-order valence-corrected chi connectivity index (χ4v) is 2.55. The Kier molecular flexibility index (Phi) is 3.14. The second-order valence-electron chi connectivity index (χ2n) is 5.09. The molecule has 20 heavy (non-hydrogen) atoms. The zero-order chi connectivity index (χ0) is 14.1. The number of carbonyl (C=O) groups excluding carboxylic acids is 1. The Labute approximate surface area is 117 Å². The van der Waals surface area contributed by atoms with Crippen molar-refractivity contribution in [3.05, 3.63) is 53.7 Å². The minimum Gasteiger partial charge on any atom is -0.350 e. The van der Waals surface area contributed by atoms with Crippen molar-refractivity contribution in [2.75, 3.05) is 0 Å². The van der Waals surface area contributed by atoms with Crippen molar-refractivity contribution < 1.29 is 4.79 Å². The Morgan fingerprint density at radius 2 is 2.15 bits per heavy atom. The normalized spacial score (nSPS) is 11.1. The van der Waals surface area contributed by atoms with Crippen LogP contribution >= 0.6 is 0 Å². The molecule has 3 aromatic rings. The summed E-state index contributed by atoms with van der Waals surface area (Å²) in [6.45, 7) is 1.91. The number of aromatic nitrogens is 3. The second-order valence-corrected chi connectivity index (χ2v) is 5.09. The van der Waals surface area contributed by atoms with E-state index in [2.05, 4.69) is 9.97 Å². The largest absolute Gasteiger partial charge is 0.350 e. The van der Waals surface area contributed by atoms with Crippen molar-refractivity contribution in [1.29, 1.82) is 0 Å². The summed E-state index contributed by atoms with van der Waals surface area (Å²) in [7, 11) is 1.97. The van der Waals surface area contributed by atoms with Crippen LogP contribution in [0.15, 0.2) is 36.7 Å².